The molecular formula is C20H36IN5O2. The Bertz CT molecular complexity index is 563. The van der Waals surface area contributed by atoms with E-state index in [0.717, 1.165) is 71.2 Å². The first-order valence-electron chi connectivity index (χ1n) is 10.5. The number of rotatable bonds is 8. The summed E-state index contributed by atoms with van der Waals surface area (Å²) in [6, 6.07) is 0.444. The van der Waals surface area contributed by atoms with Crippen molar-refractivity contribution in [3.63, 3.8) is 0 Å². The molecular weight excluding hydrogens is 469 g/mol. The van der Waals surface area contributed by atoms with Gasteiger partial charge in [-0.3, -0.25) is 4.99 Å². The van der Waals surface area contributed by atoms with Crippen LogP contribution in [0.5, 0.6) is 0 Å². The minimum Gasteiger partial charge on any atom is -0.379 e. The molecule has 0 amide bonds. The molecule has 2 aliphatic heterocycles. The van der Waals surface area contributed by atoms with Crippen molar-refractivity contribution in [2.24, 2.45) is 10.9 Å². The lowest BCUT2D eigenvalue weighted by molar-refractivity contribution is 0.0170. The van der Waals surface area contributed by atoms with Crippen LogP contribution < -0.4 is 5.32 Å². The molecule has 2 aliphatic rings. The molecule has 0 radical (unpaired) electrons. The van der Waals surface area contributed by atoms with E-state index in [1.165, 1.54) is 6.42 Å². The van der Waals surface area contributed by atoms with Crippen LogP contribution in [-0.4, -0.2) is 72.5 Å². The number of nitrogens with one attached hydrogen (secondary N) is 1. The van der Waals surface area contributed by atoms with Crippen molar-refractivity contribution in [2.75, 3.05) is 46.0 Å². The molecule has 8 heteroatoms. The summed E-state index contributed by atoms with van der Waals surface area (Å²) >= 11 is 0. The maximum Gasteiger partial charge on any atom is 0.193 e. The van der Waals surface area contributed by atoms with E-state index in [2.05, 4.69) is 39.8 Å². The average molecular weight is 505 g/mol. The smallest absolute Gasteiger partial charge is 0.193 e. The highest BCUT2D eigenvalue weighted by Crippen LogP contribution is 2.27. The van der Waals surface area contributed by atoms with Crippen molar-refractivity contribution in [3.05, 3.63) is 18.7 Å². The van der Waals surface area contributed by atoms with Crippen LogP contribution in [0.3, 0.4) is 0 Å². The lowest BCUT2D eigenvalue weighted by atomic mass is 9.93. The zero-order valence-electron chi connectivity index (χ0n) is 17.3. The Morgan fingerprint density at radius 1 is 1.39 bits per heavy atom. The highest BCUT2D eigenvalue weighted by Gasteiger charge is 2.28. The van der Waals surface area contributed by atoms with E-state index in [0.29, 0.717) is 18.1 Å². The van der Waals surface area contributed by atoms with E-state index in [-0.39, 0.29) is 24.0 Å². The molecule has 7 nitrogen and oxygen atoms in total. The molecule has 3 atom stereocenters. The van der Waals surface area contributed by atoms with Gasteiger partial charge in [-0.05, 0) is 38.5 Å². The van der Waals surface area contributed by atoms with Crippen LogP contribution >= 0.6 is 24.0 Å². The number of nitrogens with zero attached hydrogens (tertiary/aromatic N) is 4. The molecule has 0 bridgehead atoms. The predicted molar refractivity (Wildman–Crippen MR) is 122 cm³/mol. The fraction of sp³-hybridized carbons (Fsp3) is 0.800. The Hall–Kier alpha value is -0.870. The molecule has 3 unspecified atom stereocenters. The number of piperidine rings is 1. The third-order valence-electron chi connectivity index (χ3n) is 5.50. The summed E-state index contributed by atoms with van der Waals surface area (Å²) in [5.41, 5.74) is 0. The van der Waals surface area contributed by atoms with Gasteiger partial charge in [0, 0.05) is 51.8 Å². The van der Waals surface area contributed by atoms with E-state index in [1.54, 1.807) is 0 Å². The van der Waals surface area contributed by atoms with Gasteiger partial charge in [0.15, 0.2) is 5.96 Å². The summed E-state index contributed by atoms with van der Waals surface area (Å²) in [5, 5.41) is 3.46. The van der Waals surface area contributed by atoms with Gasteiger partial charge >= 0.3 is 0 Å². The summed E-state index contributed by atoms with van der Waals surface area (Å²) in [4.78, 5) is 11.5. The summed E-state index contributed by atoms with van der Waals surface area (Å²) in [6.07, 6.45) is 10.6. The quantitative estimate of drug-likeness (QED) is 0.255. The number of hydrogen-bond donors (Lipinski definition) is 1. The molecule has 0 spiro atoms. The summed E-state index contributed by atoms with van der Waals surface area (Å²) in [6.45, 7) is 10.5. The van der Waals surface area contributed by atoms with Crippen molar-refractivity contribution in [1.82, 2.24) is 19.8 Å². The van der Waals surface area contributed by atoms with Gasteiger partial charge in [0.1, 0.15) is 0 Å². The van der Waals surface area contributed by atoms with Gasteiger partial charge in [0.2, 0.25) is 0 Å². The second-order valence-electron chi connectivity index (χ2n) is 7.59. The lowest BCUT2D eigenvalue weighted by Crippen LogP contribution is -2.49. The Morgan fingerprint density at radius 2 is 2.29 bits per heavy atom. The minimum atomic E-state index is 0. The number of aromatic nitrogens is 2. The van der Waals surface area contributed by atoms with Crippen molar-refractivity contribution >= 4 is 29.9 Å². The van der Waals surface area contributed by atoms with Gasteiger partial charge in [0.05, 0.1) is 25.1 Å². The third kappa shape index (κ3) is 6.88. The van der Waals surface area contributed by atoms with Crippen molar-refractivity contribution in [3.8, 4) is 0 Å². The van der Waals surface area contributed by atoms with Crippen LogP contribution in [0.1, 0.15) is 45.6 Å². The van der Waals surface area contributed by atoms with E-state index in [9.17, 15) is 0 Å². The van der Waals surface area contributed by atoms with Crippen LogP contribution in [0.15, 0.2) is 23.7 Å². The normalized spacial score (nSPS) is 25.6. The largest absolute Gasteiger partial charge is 0.379 e. The number of halogens is 1. The topological polar surface area (TPSA) is 63.9 Å². The van der Waals surface area contributed by atoms with Crippen LogP contribution in [0.4, 0.5) is 0 Å². The number of likely N-dealkylation sites (tertiary alicyclic amines) is 1. The van der Waals surface area contributed by atoms with Gasteiger partial charge < -0.3 is 24.3 Å². The predicted octanol–water partition coefficient (Wildman–Crippen LogP) is 2.94. The number of ether oxygens (including phenoxy) is 2. The molecule has 3 heterocycles. The van der Waals surface area contributed by atoms with Gasteiger partial charge in [-0.1, -0.05) is 6.92 Å². The van der Waals surface area contributed by atoms with Crippen molar-refractivity contribution in [1.29, 1.82) is 0 Å². The molecule has 1 N–H and O–H groups in total. The zero-order valence-corrected chi connectivity index (χ0v) is 19.6. The van der Waals surface area contributed by atoms with E-state index in [1.807, 2.05) is 12.5 Å². The fourth-order valence-corrected chi connectivity index (χ4v) is 3.86. The average Bonchev–Trinajstić information content (AvgIpc) is 3.38. The van der Waals surface area contributed by atoms with Gasteiger partial charge in [-0.15, -0.1) is 24.0 Å². The molecule has 1 aromatic heterocycles. The maximum atomic E-state index is 5.75. The summed E-state index contributed by atoms with van der Waals surface area (Å²) in [5.74, 6) is 1.66. The fourth-order valence-electron chi connectivity index (χ4n) is 3.86. The highest BCUT2D eigenvalue weighted by atomic mass is 127. The number of imidazole rings is 1. The zero-order chi connectivity index (χ0) is 18.9. The Labute approximate surface area is 186 Å². The molecule has 28 heavy (non-hydrogen) atoms. The third-order valence-corrected chi connectivity index (χ3v) is 5.50. The second-order valence-corrected chi connectivity index (χ2v) is 7.59. The van der Waals surface area contributed by atoms with Crippen molar-refractivity contribution < 1.29 is 9.47 Å². The maximum absolute atomic E-state index is 5.75. The van der Waals surface area contributed by atoms with Crippen LogP contribution in [0.2, 0.25) is 0 Å². The Balaban J connectivity index is 0.00000280. The van der Waals surface area contributed by atoms with Gasteiger partial charge in [-0.25, -0.2) is 4.98 Å². The monoisotopic (exact) mass is 505 g/mol. The van der Waals surface area contributed by atoms with E-state index >= 15 is 0 Å². The van der Waals surface area contributed by atoms with Crippen LogP contribution in [0, 0.1) is 5.92 Å². The molecule has 160 valence electrons. The van der Waals surface area contributed by atoms with Crippen LogP contribution in [0.25, 0.3) is 0 Å². The molecule has 0 aliphatic carbocycles. The minimum absolute atomic E-state index is 0. The lowest BCUT2D eigenvalue weighted by Gasteiger charge is -2.39. The van der Waals surface area contributed by atoms with Gasteiger partial charge in [0.25, 0.3) is 0 Å². The molecule has 1 aromatic rings. The Kier molecular flexibility index (Phi) is 10.6. The Morgan fingerprint density at radius 3 is 3.00 bits per heavy atom. The standard InChI is InChI=1S/C20H35N5O2.HI/c1-3-22-20(23-8-5-12-26-15-18-6-4-13-27-18)24-10-7-17(2)19(14-24)25-11-9-21-16-25;/h9,11,16-19H,3-8,10,12-15H2,1-2H3,(H,22,23);1H. The molecule has 2 fully saturated rings. The van der Waals surface area contributed by atoms with E-state index < -0.39 is 0 Å². The van der Waals surface area contributed by atoms with Crippen LogP contribution in [-0.2, 0) is 9.47 Å². The van der Waals surface area contributed by atoms with Gasteiger partial charge in [-0.2, -0.15) is 0 Å². The summed E-state index contributed by atoms with van der Waals surface area (Å²) < 4.78 is 13.6. The number of guanidine groups is 1. The number of aliphatic imine (C=N–C) groups is 1. The molecule has 0 saturated carbocycles. The first kappa shape index (κ1) is 23.4. The van der Waals surface area contributed by atoms with Crippen molar-refractivity contribution in [2.45, 2.75) is 51.7 Å². The number of hydrogen-bond acceptors (Lipinski definition) is 4. The van der Waals surface area contributed by atoms with E-state index in [4.69, 9.17) is 14.5 Å². The molecule has 2 saturated heterocycles. The second kappa shape index (κ2) is 12.6. The molecule has 0 aromatic carbocycles. The first-order chi connectivity index (χ1) is 13.3. The molecule has 3 rings (SSSR count). The SMILES string of the molecule is CCNC(=NCCCOCC1CCCO1)N1CCC(C)C(n2ccnc2)C1.I. The summed E-state index contributed by atoms with van der Waals surface area (Å²) in [7, 11) is 0. The first-order valence-corrected chi connectivity index (χ1v) is 10.5. The highest BCUT2D eigenvalue weighted by molar-refractivity contribution is 14.0.